The zero-order valence-electron chi connectivity index (χ0n) is 17.7. The zero-order chi connectivity index (χ0) is 20.8. The van der Waals surface area contributed by atoms with E-state index in [9.17, 15) is 0 Å². The SMILES string of the molecule is COc1cc(CC(Cc2ccc(OC)c(OC)c2)N2CCN[C@@H](C)C2)ccc1Cl. The first kappa shape index (κ1) is 21.8. The van der Waals surface area contributed by atoms with Crippen LogP contribution in [-0.4, -0.2) is 57.9 Å². The van der Waals surface area contributed by atoms with Crippen molar-refractivity contribution in [3.05, 3.63) is 52.5 Å². The first-order valence-electron chi connectivity index (χ1n) is 10.0. The van der Waals surface area contributed by atoms with Crippen LogP contribution in [0.4, 0.5) is 0 Å². The van der Waals surface area contributed by atoms with E-state index in [0.717, 1.165) is 49.7 Å². The molecule has 0 saturated carbocycles. The molecule has 2 aromatic rings. The van der Waals surface area contributed by atoms with Gasteiger partial charge in [-0.1, -0.05) is 23.7 Å². The molecule has 1 unspecified atom stereocenters. The molecule has 0 aromatic heterocycles. The Labute approximate surface area is 178 Å². The Morgan fingerprint density at radius 1 is 0.966 bits per heavy atom. The van der Waals surface area contributed by atoms with Crippen LogP contribution in [0.5, 0.6) is 17.2 Å². The van der Waals surface area contributed by atoms with Crippen LogP contribution in [0.2, 0.25) is 5.02 Å². The normalized spacial score (nSPS) is 18.3. The zero-order valence-corrected chi connectivity index (χ0v) is 18.5. The van der Waals surface area contributed by atoms with E-state index in [1.165, 1.54) is 11.1 Å². The van der Waals surface area contributed by atoms with Gasteiger partial charge in [0.2, 0.25) is 0 Å². The topological polar surface area (TPSA) is 43.0 Å². The lowest BCUT2D eigenvalue weighted by atomic mass is 9.96. The van der Waals surface area contributed by atoms with Crippen LogP contribution in [0.25, 0.3) is 0 Å². The molecule has 0 amide bonds. The maximum atomic E-state index is 6.22. The number of hydrogen-bond donors (Lipinski definition) is 1. The van der Waals surface area contributed by atoms with Crippen molar-refractivity contribution in [1.29, 1.82) is 0 Å². The molecule has 2 aromatic carbocycles. The standard InChI is InChI=1S/C23H31ClN2O3/c1-16-15-26(10-9-25-16)19(11-17-5-7-20(24)22(13-17)28-3)12-18-6-8-21(27-2)23(14-18)29-4/h5-8,13-14,16,19,25H,9-12,15H2,1-4H3/t16-,19?/m0/s1. The fourth-order valence-corrected chi connectivity index (χ4v) is 4.20. The van der Waals surface area contributed by atoms with Crippen molar-refractivity contribution in [2.24, 2.45) is 0 Å². The number of benzene rings is 2. The van der Waals surface area contributed by atoms with Gasteiger partial charge in [-0.2, -0.15) is 0 Å². The quantitative estimate of drug-likeness (QED) is 0.706. The predicted molar refractivity (Wildman–Crippen MR) is 118 cm³/mol. The van der Waals surface area contributed by atoms with E-state index in [4.69, 9.17) is 25.8 Å². The highest BCUT2D eigenvalue weighted by Gasteiger charge is 2.25. The highest BCUT2D eigenvalue weighted by Crippen LogP contribution is 2.30. The lowest BCUT2D eigenvalue weighted by Gasteiger charge is -2.38. The second kappa shape index (κ2) is 10.2. The van der Waals surface area contributed by atoms with Gasteiger partial charge in [0, 0.05) is 31.7 Å². The van der Waals surface area contributed by atoms with Crippen molar-refractivity contribution >= 4 is 11.6 Å². The molecule has 1 saturated heterocycles. The van der Waals surface area contributed by atoms with Gasteiger partial charge in [-0.25, -0.2) is 0 Å². The summed E-state index contributed by atoms with van der Waals surface area (Å²) in [5, 5.41) is 4.18. The van der Waals surface area contributed by atoms with E-state index in [-0.39, 0.29) is 0 Å². The molecule has 1 fully saturated rings. The number of halogens is 1. The van der Waals surface area contributed by atoms with Crippen LogP contribution < -0.4 is 19.5 Å². The summed E-state index contributed by atoms with van der Waals surface area (Å²) in [7, 11) is 5.00. The van der Waals surface area contributed by atoms with E-state index in [1.54, 1.807) is 21.3 Å². The predicted octanol–water partition coefficient (Wildman–Crippen LogP) is 3.81. The number of ether oxygens (including phenoxy) is 3. The Balaban J connectivity index is 1.85. The van der Waals surface area contributed by atoms with Crippen LogP contribution >= 0.6 is 11.6 Å². The fraction of sp³-hybridized carbons (Fsp3) is 0.478. The smallest absolute Gasteiger partial charge is 0.160 e. The molecule has 0 bridgehead atoms. The molecule has 1 aliphatic rings. The highest BCUT2D eigenvalue weighted by molar-refractivity contribution is 6.32. The first-order valence-corrected chi connectivity index (χ1v) is 10.4. The third-order valence-electron chi connectivity index (χ3n) is 5.52. The summed E-state index contributed by atoms with van der Waals surface area (Å²) in [4.78, 5) is 2.58. The minimum atomic E-state index is 0.364. The van der Waals surface area contributed by atoms with Gasteiger partial charge in [0.15, 0.2) is 11.5 Å². The van der Waals surface area contributed by atoms with E-state index >= 15 is 0 Å². The lowest BCUT2D eigenvalue weighted by Crippen LogP contribution is -2.53. The van der Waals surface area contributed by atoms with Gasteiger partial charge in [0.25, 0.3) is 0 Å². The van der Waals surface area contributed by atoms with E-state index in [2.05, 4.69) is 41.4 Å². The lowest BCUT2D eigenvalue weighted by molar-refractivity contribution is 0.146. The molecule has 5 nitrogen and oxygen atoms in total. The van der Waals surface area contributed by atoms with Gasteiger partial charge >= 0.3 is 0 Å². The van der Waals surface area contributed by atoms with Crippen molar-refractivity contribution in [2.45, 2.75) is 31.8 Å². The number of nitrogens with one attached hydrogen (secondary N) is 1. The Morgan fingerprint density at radius 3 is 2.21 bits per heavy atom. The van der Waals surface area contributed by atoms with Gasteiger partial charge < -0.3 is 19.5 Å². The van der Waals surface area contributed by atoms with Gasteiger partial charge in [0.05, 0.1) is 26.4 Å². The molecular weight excluding hydrogens is 388 g/mol. The Morgan fingerprint density at radius 2 is 1.59 bits per heavy atom. The summed E-state index contributed by atoms with van der Waals surface area (Å²) >= 11 is 6.22. The molecule has 2 atom stereocenters. The van der Waals surface area contributed by atoms with E-state index in [1.807, 2.05) is 12.1 Å². The molecule has 3 rings (SSSR count). The third-order valence-corrected chi connectivity index (χ3v) is 5.83. The second-order valence-electron chi connectivity index (χ2n) is 7.57. The molecule has 0 spiro atoms. The van der Waals surface area contributed by atoms with Crippen molar-refractivity contribution in [2.75, 3.05) is 41.0 Å². The molecule has 29 heavy (non-hydrogen) atoms. The summed E-state index contributed by atoms with van der Waals surface area (Å²) in [6, 6.07) is 13.1. The number of methoxy groups -OCH3 is 3. The van der Waals surface area contributed by atoms with Crippen LogP contribution in [0.15, 0.2) is 36.4 Å². The van der Waals surface area contributed by atoms with E-state index < -0.39 is 0 Å². The Kier molecular flexibility index (Phi) is 7.64. The minimum Gasteiger partial charge on any atom is -0.495 e. The molecule has 1 heterocycles. The molecule has 158 valence electrons. The van der Waals surface area contributed by atoms with Gasteiger partial charge in [0.1, 0.15) is 5.75 Å². The third kappa shape index (κ3) is 5.56. The maximum absolute atomic E-state index is 6.22. The molecule has 0 aliphatic carbocycles. The summed E-state index contributed by atoms with van der Waals surface area (Å²) < 4.78 is 16.3. The number of hydrogen-bond acceptors (Lipinski definition) is 5. The van der Waals surface area contributed by atoms with Gasteiger partial charge in [-0.15, -0.1) is 0 Å². The second-order valence-corrected chi connectivity index (χ2v) is 7.98. The van der Waals surface area contributed by atoms with Crippen molar-refractivity contribution in [3.63, 3.8) is 0 Å². The molecular formula is C23H31ClN2O3. The average Bonchev–Trinajstić information content (AvgIpc) is 2.74. The Hall–Kier alpha value is -1.95. The van der Waals surface area contributed by atoms with Crippen LogP contribution in [0.1, 0.15) is 18.1 Å². The number of rotatable bonds is 8. The van der Waals surface area contributed by atoms with Crippen molar-refractivity contribution < 1.29 is 14.2 Å². The van der Waals surface area contributed by atoms with Gasteiger partial charge in [-0.05, 0) is 55.2 Å². The van der Waals surface area contributed by atoms with Crippen LogP contribution in [0, 0.1) is 0 Å². The van der Waals surface area contributed by atoms with E-state index in [0.29, 0.717) is 17.1 Å². The Bertz CT molecular complexity index is 815. The molecule has 0 radical (unpaired) electrons. The highest BCUT2D eigenvalue weighted by atomic mass is 35.5. The largest absolute Gasteiger partial charge is 0.495 e. The fourth-order valence-electron chi connectivity index (χ4n) is 4.01. The average molecular weight is 419 g/mol. The molecule has 6 heteroatoms. The van der Waals surface area contributed by atoms with Crippen molar-refractivity contribution in [1.82, 2.24) is 10.2 Å². The maximum Gasteiger partial charge on any atom is 0.160 e. The summed E-state index contributed by atoms with van der Waals surface area (Å²) in [6.45, 7) is 5.31. The van der Waals surface area contributed by atoms with Crippen LogP contribution in [-0.2, 0) is 12.8 Å². The first-order chi connectivity index (χ1) is 14.0. The van der Waals surface area contributed by atoms with Crippen molar-refractivity contribution in [3.8, 4) is 17.2 Å². The van der Waals surface area contributed by atoms with Crippen LogP contribution in [0.3, 0.4) is 0 Å². The summed E-state index contributed by atoms with van der Waals surface area (Å²) in [5.74, 6) is 2.25. The molecule has 1 aliphatic heterocycles. The number of piperazine rings is 1. The molecule has 1 N–H and O–H groups in total. The summed E-state index contributed by atoms with van der Waals surface area (Å²) in [6.07, 6.45) is 1.85. The van der Waals surface area contributed by atoms with Gasteiger partial charge in [-0.3, -0.25) is 4.90 Å². The number of nitrogens with zero attached hydrogens (tertiary/aromatic N) is 1. The monoisotopic (exact) mass is 418 g/mol. The summed E-state index contributed by atoms with van der Waals surface area (Å²) in [5.41, 5.74) is 2.46. The minimum absolute atomic E-state index is 0.364.